The summed E-state index contributed by atoms with van der Waals surface area (Å²) in [6, 6.07) is 5.38. The van der Waals surface area contributed by atoms with E-state index in [2.05, 4.69) is 20.9 Å². The molecular formula is C11H15BrN2O2. The van der Waals surface area contributed by atoms with Gasteiger partial charge in [0.05, 0.1) is 6.61 Å². The first-order chi connectivity index (χ1) is 7.65. The van der Waals surface area contributed by atoms with Gasteiger partial charge in [0.25, 0.3) is 0 Å². The molecule has 88 valence electrons. The zero-order chi connectivity index (χ0) is 12.0. The topological polar surface area (TPSA) is 42.4 Å². The van der Waals surface area contributed by atoms with Crippen LogP contribution in [-0.2, 0) is 4.74 Å². The van der Waals surface area contributed by atoms with Crippen LogP contribution in [0.25, 0.3) is 0 Å². The standard InChI is InChI=1S/C11H15BrN2O2/c1-3-4-8-16-11(15)14(2)10-7-5-6-9(12)13-10/h5-7H,3-4,8H2,1-2H3. The van der Waals surface area contributed by atoms with Crippen LogP contribution in [0.1, 0.15) is 19.8 Å². The number of amides is 1. The summed E-state index contributed by atoms with van der Waals surface area (Å²) in [6.45, 7) is 2.50. The molecule has 0 aliphatic rings. The maximum Gasteiger partial charge on any atom is 0.415 e. The summed E-state index contributed by atoms with van der Waals surface area (Å²) in [6.07, 6.45) is 1.51. The molecule has 0 bridgehead atoms. The Morgan fingerprint density at radius 3 is 2.94 bits per heavy atom. The van der Waals surface area contributed by atoms with Crippen molar-refractivity contribution >= 4 is 27.8 Å². The summed E-state index contributed by atoms with van der Waals surface area (Å²) in [4.78, 5) is 17.1. The normalized spacial score (nSPS) is 9.94. The number of hydrogen-bond donors (Lipinski definition) is 0. The van der Waals surface area contributed by atoms with Crippen molar-refractivity contribution in [1.82, 2.24) is 4.98 Å². The van der Waals surface area contributed by atoms with Crippen molar-refractivity contribution in [2.45, 2.75) is 19.8 Å². The number of nitrogens with zero attached hydrogens (tertiary/aromatic N) is 2. The van der Waals surface area contributed by atoms with Crippen LogP contribution < -0.4 is 4.90 Å². The van der Waals surface area contributed by atoms with Crippen molar-refractivity contribution in [2.24, 2.45) is 0 Å². The second kappa shape index (κ2) is 6.48. The first kappa shape index (κ1) is 13.0. The second-order valence-electron chi connectivity index (χ2n) is 3.35. The Labute approximate surface area is 104 Å². The molecule has 0 aromatic carbocycles. The lowest BCUT2D eigenvalue weighted by Crippen LogP contribution is -2.28. The molecule has 0 fully saturated rings. The number of unbranched alkanes of at least 4 members (excludes halogenated alkanes) is 1. The van der Waals surface area contributed by atoms with Gasteiger partial charge in [0, 0.05) is 7.05 Å². The predicted molar refractivity (Wildman–Crippen MR) is 66.6 cm³/mol. The van der Waals surface area contributed by atoms with Crippen molar-refractivity contribution < 1.29 is 9.53 Å². The summed E-state index contributed by atoms with van der Waals surface area (Å²) in [5.41, 5.74) is 0. The van der Waals surface area contributed by atoms with E-state index in [1.165, 1.54) is 4.90 Å². The SMILES string of the molecule is CCCCOC(=O)N(C)c1cccc(Br)n1. The molecule has 0 spiro atoms. The summed E-state index contributed by atoms with van der Waals surface area (Å²) in [7, 11) is 1.64. The lowest BCUT2D eigenvalue weighted by Gasteiger charge is -2.15. The number of ether oxygens (including phenoxy) is 1. The second-order valence-corrected chi connectivity index (χ2v) is 4.16. The van der Waals surface area contributed by atoms with E-state index in [4.69, 9.17) is 4.74 Å². The highest BCUT2D eigenvalue weighted by Crippen LogP contribution is 2.14. The van der Waals surface area contributed by atoms with Gasteiger partial charge in [0.2, 0.25) is 0 Å². The number of carbonyl (C=O) groups excluding carboxylic acids is 1. The zero-order valence-electron chi connectivity index (χ0n) is 9.44. The van der Waals surface area contributed by atoms with Gasteiger partial charge in [0.15, 0.2) is 0 Å². The third-order valence-corrected chi connectivity index (χ3v) is 2.48. The van der Waals surface area contributed by atoms with Gasteiger partial charge in [0.1, 0.15) is 10.4 Å². The van der Waals surface area contributed by atoms with E-state index in [1.54, 1.807) is 19.2 Å². The highest BCUT2D eigenvalue weighted by molar-refractivity contribution is 9.10. The largest absolute Gasteiger partial charge is 0.449 e. The molecule has 4 nitrogen and oxygen atoms in total. The Bertz CT molecular complexity index is 358. The van der Waals surface area contributed by atoms with E-state index in [1.807, 2.05) is 13.0 Å². The summed E-state index contributed by atoms with van der Waals surface area (Å²) >= 11 is 3.25. The first-order valence-corrected chi connectivity index (χ1v) is 5.97. The van der Waals surface area contributed by atoms with Gasteiger partial charge in [-0.05, 0) is 34.5 Å². The fourth-order valence-electron chi connectivity index (χ4n) is 1.08. The van der Waals surface area contributed by atoms with Crippen molar-refractivity contribution in [3.05, 3.63) is 22.8 Å². The van der Waals surface area contributed by atoms with Crippen LogP contribution in [0.3, 0.4) is 0 Å². The van der Waals surface area contributed by atoms with E-state index in [-0.39, 0.29) is 6.09 Å². The Morgan fingerprint density at radius 1 is 1.56 bits per heavy atom. The van der Waals surface area contributed by atoms with E-state index in [0.717, 1.165) is 12.8 Å². The Kier molecular flexibility index (Phi) is 5.25. The molecule has 1 aromatic rings. The van der Waals surface area contributed by atoms with E-state index in [0.29, 0.717) is 17.0 Å². The Balaban J connectivity index is 2.56. The van der Waals surface area contributed by atoms with Crippen LogP contribution in [0.15, 0.2) is 22.8 Å². The number of rotatable bonds is 4. The fraction of sp³-hybridized carbons (Fsp3) is 0.455. The summed E-state index contributed by atoms with van der Waals surface area (Å²) in [5, 5.41) is 0. The quantitative estimate of drug-likeness (QED) is 0.630. The summed E-state index contributed by atoms with van der Waals surface area (Å²) < 4.78 is 5.76. The molecule has 1 amide bonds. The molecule has 1 aromatic heterocycles. The molecule has 1 rings (SSSR count). The predicted octanol–water partition coefficient (Wildman–Crippen LogP) is 3.22. The van der Waals surface area contributed by atoms with Crippen molar-refractivity contribution in [2.75, 3.05) is 18.6 Å². The average Bonchev–Trinajstić information content (AvgIpc) is 2.28. The van der Waals surface area contributed by atoms with Gasteiger partial charge in [-0.15, -0.1) is 0 Å². The van der Waals surface area contributed by atoms with Crippen LogP contribution >= 0.6 is 15.9 Å². The molecule has 0 unspecified atom stereocenters. The van der Waals surface area contributed by atoms with Gasteiger partial charge in [-0.1, -0.05) is 19.4 Å². The van der Waals surface area contributed by atoms with E-state index >= 15 is 0 Å². The molecule has 5 heteroatoms. The molecular weight excluding hydrogens is 272 g/mol. The van der Waals surface area contributed by atoms with Gasteiger partial charge in [-0.2, -0.15) is 0 Å². The molecule has 1 heterocycles. The monoisotopic (exact) mass is 286 g/mol. The van der Waals surface area contributed by atoms with E-state index < -0.39 is 0 Å². The number of halogens is 1. The molecule has 0 atom stereocenters. The maximum atomic E-state index is 11.6. The smallest absolute Gasteiger partial charge is 0.415 e. The highest BCUT2D eigenvalue weighted by atomic mass is 79.9. The van der Waals surface area contributed by atoms with Crippen LogP contribution in [0.5, 0.6) is 0 Å². The van der Waals surface area contributed by atoms with Crippen molar-refractivity contribution in [3.63, 3.8) is 0 Å². The number of aromatic nitrogens is 1. The van der Waals surface area contributed by atoms with Gasteiger partial charge in [-0.3, -0.25) is 4.90 Å². The Morgan fingerprint density at radius 2 is 2.31 bits per heavy atom. The lowest BCUT2D eigenvalue weighted by molar-refractivity contribution is 0.153. The number of anilines is 1. The maximum absolute atomic E-state index is 11.6. The number of pyridine rings is 1. The van der Waals surface area contributed by atoms with Crippen LogP contribution in [0.2, 0.25) is 0 Å². The van der Waals surface area contributed by atoms with Gasteiger partial charge >= 0.3 is 6.09 Å². The molecule has 0 aliphatic carbocycles. The lowest BCUT2D eigenvalue weighted by atomic mass is 10.4. The van der Waals surface area contributed by atoms with Gasteiger partial charge in [-0.25, -0.2) is 9.78 Å². The minimum atomic E-state index is -0.376. The van der Waals surface area contributed by atoms with Crippen LogP contribution in [-0.4, -0.2) is 24.7 Å². The average molecular weight is 287 g/mol. The minimum absolute atomic E-state index is 0.376. The Hall–Kier alpha value is -1.10. The number of hydrogen-bond acceptors (Lipinski definition) is 3. The molecule has 0 aliphatic heterocycles. The fourth-order valence-corrected chi connectivity index (χ4v) is 1.41. The van der Waals surface area contributed by atoms with Crippen LogP contribution in [0, 0.1) is 0 Å². The molecule has 16 heavy (non-hydrogen) atoms. The van der Waals surface area contributed by atoms with Gasteiger partial charge < -0.3 is 4.74 Å². The van der Waals surface area contributed by atoms with Crippen LogP contribution in [0.4, 0.5) is 10.6 Å². The third kappa shape index (κ3) is 3.81. The summed E-state index contributed by atoms with van der Waals surface area (Å²) in [5.74, 6) is 0.566. The molecule has 0 saturated carbocycles. The number of carbonyl (C=O) groups is 1. The van der Waals surface area contributed by atoms with Crippen molar-refractivity contribution in [1.29, 1.82) is 0 Å². The molecule has 0 saturated heterocycles. The highest BCUT2D eigenvalue weighted by Gasteiger charge is 2.12. The third-order valence-electron chi connectivity index (χ3n) is 2.04. The minimum Gasteiger partial charge on any atom is -0.449 e. The zero-order valence-corrected chi connectivity index (χ0v) is 11.0. The molecule has 0 radical (unpaired) electrons. The first-order valence-electron chi connectivity index (χ1n) is 5.18. The van der Waals surface area contributed by atoms with E-state index in [9.17, 15) is 4.79 Å². The molecule has 0 N–H and O–H groups in total. The van der Waals surface area contributed by atoms with Crippen molar-refractivity contribution in [3.8, 4) is 0 Å².